The van der Waals surface area contributed by atoms with Gasteiger partial charge >= 0.3 is 0 Å². The number of oxime groups is 1. The van der Waals surface area contributed by atoms with E-state index in [-0.39, 0.29) is 11.7 Å². The standard InChI is InChI=1S/C14H16N4O2/c1-9-10(2)16-17-14(12(9)13(15)18-19)20-8-11-6-4-3-5-7-11/h3-7,19H,8H2,1-2H3,(H2,15,18). The third kappa shape index (κ3) is 2.85. The van der Waals surface area contributed by atoms with E-state index in [1.807, 2.05) is 37.3 Å². The normalized spacial score (nSPS) is 11.4. The molecule has 6 heteroatoms. The highest BCUT2D eigenvalue weighted by Crippen LogP contribution is 2.21. The molecular weight excluding hydrogens is 256 g/mol. The molecule has 0 saturated heterocycles. The van der Waals surface area contributed by atoms with Gasteiger partial charge in [0.1, 0.15) is 6.61 Å². The molecule has 0 amide bonds. The molecule has 6 nitrogen and oxygen atoms in total. The van der Waals surface area contributed by atoms with Crippen LogP contribution >= 0.6 is 0 Å². The predicted molar refractivity (Wildman–Crippen MR) is 74.8 cm³/mol. The first-order valence-electron chi connectivity index (χ1n) is 6.12. The number of hydrogen-bond acceptors (Lipinski definition) is 5. The Hall–Kier alpha value is -2.63. The maximum absolute atomic E-state index is 8.87. The first-order valence-corrected chi connectivity index (χ1v) is 6.12. The summed E-state index contributed by atoms with van der Waals surface area (Å²) >= 11 is 0. The van der Waals surface area contributed by atoms with E-state index in [9.17, 15) is 0 Å². The van der Waals surface area contributed by atoms with Crippen LogP contribution in [0.2, 0.25) is 0 Å². The Bertz CT molecular complexity index is 627. The lowest BCUT2D eigenvalue weighted by Gasteiger charge is -2.12. The highest BCUT2D eigenvalue weighted by molar-refractivity contribution is 6.00. The Morgan fingerprint density at radius 1 is 1.25 bits per heavy atom. The highest BCUT2D eigenvalue weighted by atomic mass is 16.5. The highest BCUT2D eigenvalue weighted by Gasteiger charge is 2.16. The summed E-state index contributed by atoms with van der Waals surface area (Å²) in [7, 11) is 0. The molecule has 1 aromatic heterocycles. The number of ether oxygens (including phenoxy) is 1. The molecule has 3 N–H and O–H groups in total. The smallest absolute Gasteiger partial charge is 0.245 e. The summed E-state index contributed by atoms with van der Waals surface area (Å²) in [6, 6.07) is 9.67. The van der Waals surface area contributed by atoms with Crippen LogP contribution in [0, 0.1) is 13.8 Å². The van der Waals surface area contributed by atoms with E-state index < -0.39 is 0 Å². The maximum Gasteiger partial charge on any atom is 0.245 e. The molecule has 0 unspecified atom stereocenters. The average Bonchev–Trinajstić information content (AvgIpc) is 2.48. The van der Waals surface area contributed by atoms with Gasteiger partial charge in [0.15, 0.2) is 5.84 Å². The quantitative estimate of drug-likeness (QED) is 0.383. The summed E-state index contributed by atoms with van der Waals surface area (Å²) in [6.45, 7) is 3.97. The fourth-order valence-corrected chi connectivity index (χ4v) is 1.77. The fraction of sp³-hybridized carbons (Fsp3) is 0.214. The molecule has 0 atom stereocenters. The van der Waals surface area contributed by atoms with Gasteiger partial charge in [0.25, 0.3) is 0 Å². The van der Waals surface area contributed by atoms with Crippen LogP contribution in [0.5, 0.6) is 5.88 Å². The van der Waals surface area contributed by atoms with Gasteiger partial charge in [-0.05, 0) is 25.0 Å². The van der Waals surface area contributed by atoms with Gasteiger partial charge in [-0.1, -0.05) is 35.5 Å². The van der Waals surface area contributed by atoms with Crippen molar-refractivity contribution in [3.05, 3.63) is 52.7 Å². The summed E-state index contributed by atoms with van der Waals surface area (Å²) in [5.74, 6) is 0.218. The van der Waals surface area contributed by atoms with E-state index >= 15 is 0 Å². The summed E-state index contributed by atoms with van der Waals surface area (Å²) in [6.07, 6.45) is 0. The van der Waals surface area contributed by atoms with E-state index in [4.69, 9.17) is 15.7 Å². The largest absolute Gasteiger partial charge is 0.471 e. The summed E-state index contributed by atoms with van der Waals surface area (Å²) < 4.78 is 5.64. The minimum absolute atomic E-state index is 0.0384. The number of nitrogens with two attached hydrogens (primary N) is 1. The van der Waals surface area contributed by atoms with E-state index in [1.165, 1.54) is 0 Å². The summed E-state index contributed by atoms with van der Waals surface area (Å²) in [5, 5.41) is 19.9. The number of benzene rings is 1. The molecule has 1 heterocycles. The first-order chi connectivity index (χ1) is 9.63. The maximum atomic E-state index is 8.87. The molecule has 0 saturated carbocycles. The van der Waals surface area contributed by atoms with E-state index in [2.05, 4.69) is 15.4 Å². The number of aryl methyl sites for hydroxylation is 1. The van der Waals surface area contributed by atoms with Gasteiger partial charge in [-0.25, -0.2) is 0 Å². The zero-order chi connectivity index (χ0) is 14.5. The van der Waals surface area contributed by atoms with Crippen LogP contribution in [-0.4, -0.2) is 21.2 Å². The second kappa shape index (κ2) is 6.01. The zero-order valence-electron chi connectivity index (χ0n) is 11.4. The van der Waals surface area contributed by atoms with Crippen molar-refractivity contribution in [1.29, 1.82) is 0 Å². The molecule has 2 aromatic rings. The van der Waals surface area contributed by atoms with Gasteiger partial charge < -0.3 is 15.7 Å². The lowest BCUT2D eigenvalue weighted by atomic mass is 10.1. The van der Waals surface area contributed by atoms with Gasteiger partial charge in [0.2, 0.25) is 5.88 Å². The van der Waals surface area contributed by atoms with Crippen molar-refractivity contribution < 1.29 is 9.94 Å². The third-order valence-electron chi connectivity index (χ3n) is 3.00. The summed E-state index contributed by atoms with van der Waals surface area (Å²) in [4.78, 5) is 0. The molecule has 2 rings (SSSR count). The molecule has 0 fully saturated rings. The van der Waals surface area contributed by atoms with Crippen LogP contribution in [0.15, 0.2) is 35.5 Å². The van der Waals surface area contributed by atoms with Crippen molar-refractivity contribution in [3.8, 4) is 5.88 Å². The fourth-order valence-electron chi connectivity index (χ4n) is 1.77. The molecule has 1 aromatic carbocycles. The molecule has 0 aliphatic carbocycles. The van der Waals surface area contributed by atoms with Crippen molar-refractivity contribution in [2.24, 2.45) is 10.9 Å². The molecule has 104 valence electrons. The average molecular weight is 272 g/mol. The number of amidine groups is 1. The predicted octanol–water partition coefficient (Wildman–Crippen LogP) is 1.77. The van der Waals surface area contributed by atoms with Gasteiger partial charge in [-0.15, -0.1) is 5.10 Å². The molecule has 0 spiro atoms. The van der Waals surface area contributed by atoms with Gasteiger partial charge in [0.05, 0.1) is 11.3 Å². The van der Waals surface area contributed by atoms with Gasteiger partial charge in [0, 0.05) is 0 Å². The Morgan fingerprint density at radius 2 is 1.95 bits per heavy atom. The molecule has 0 bridgehead atoms. The lowest BCUT2D eigenvalue weighted by molar-refractivity contribution is 0.287. The molecule has 0 radical (unpaired) electrons. The molecule has 0 aliphatic rings. The SMILES string of the molecule is Cc1nnc(OCc2ccccc2)c(/C(N)=N/O)c1C. The second-order valence-corrected chi connectivity index (χ2v) is 4.35. The van der Waals surface area contributed by atoms with Crippen molar-refractivity contribution in [2.45, 2.75) is 20.5 Å². The number of nitrogens with zero attached hydrogens (tertiary/aromatic N) is 3. The number of aromatic nitrogens is 2. The van der Waals surface area contributed by atoms with Crippen LogP contribution in [0.25, 0.3) is 0 Å². The minimum Gasteiger partial charge on any atom is -0.471 e. The lowest BCUT2D eigenvalue weighted by Crippen LogP contribution is -2.19. The zero-order valence-corrected chi connectivity index (χ0v) is 11.4. The van der Waals surface area contributed by atoms with Gasteiger partial charge in [-0.3, -0.25) is 0 Å². The Morgan fingerprint density at radius 3 is 2.60 bits per heavy atom. The monoisotopic (exact) mass is 272 g/mol. The Labute approximate surface area is 116 Å². The van der Waals surface area contributed by atoms with Gasteiger partial charge in [-0.2, -0.15) is 5.10 Å². The van der Waals surface area contributed by atoms with Crippen LogP contribution in [0.3, 0.4) is 0 Å². The minimum atomic E-state index is -0.0384. The van der Waals surface area contributed by atoms with Crippen LogP contribution in [0.4, 0.5) is 0 Å². The molecular formula is C14H16N4O2. The Kier molecular flexibility index (Phi) is 4.14. The van der Waals surface area contributed by atoms with Crippen molar-refractivity contribution in [1.82, 2.24) is 10.2 Å². The van der Waals surface area contributed by atoms with E-state index in [0.717, 1.165) is 11.1 Å². The van der Waals surface area contributed by atoms with E-state index in [1.54, 1.807) is 6.92 Å². The number of rotatable bonds is 4. The van der Waals surface area contributed by atoms with Crippen LogP contribution in [0.1, 0.15) is 22.4 Å². The third-order valence-corrected chi connectivity index (χ3v) is 3.00. The summed E-state index contributed by atoms with van der Waals surface area (Å²) in [5.41, 5.74) is 8.64. The van der Waals surface area contributed by atoms with E-state index in [0.29, 0.717) is 17.9 Å². The number of hydrogen-bond donors (Lipinski definition) is 2. The first kappa shape index (κ1) is 13.8. The topological polar surface area (TPSA) is 93.6 Å². The van der Waals surface area contributed by atoms with Crippen molar-refractivity contribution >= 4 is 5.84 Å². The van der Waals surface area contributed by atoms with Crippen LogP contribution in [-0.2, 0) is 6.61 Å². The molecule has 20 heavy (non-hydrogen) atoms. The van der Waals surface area contributed by atoms with Crippen LogP contribution < -0.4 is 10.5 Å². The van der Waals surface area contributed by atoms with Crippen molar-refractivity contribution in [2.75, 3.05) is 0 Å². The second-order valence-electron chi connectivity index (χ2n) is 4.35. The van der Waals surface area contributed by atoms with Crippen molar-refractivity contribution in [3.63, 3.8) is 0 Å². The Balaban J connectivity index is 2.30. The molecule has 0 aliphatic heterocycles.